The average Bonchev–Trinajstić information content (AvgIpc) is 3.16. The van der Waals surface area contributed by atoms with E-state index in [1.54, 1.807) is 6.07 Å². The Morgan fingerprint density at radius 2 is 1.76 bits per heavy atom. The Kier molecular flexibility index (Phi) is 5.49. The Morgan fingerprint density at radius 3 is 2.44 bits per heavy atom. The number of hydrogen-bond donors (Lipinski definition) is 1. The van der Waals surface area contributed by atoms with E-state index in [-0.39, 0.29) is 11.8 Å². The Balaban J connectivity index is 1.77. The van der Waals surface area contributed by atoms with Gasteiger partial charge in [-0.3, -0.25) is 9.59 Å². The van der Waals surface area contributed by atoms with Gasteiger partial charge in [-0.05, 0) is 37.5 Å². The Hall–Kier alpha value is -2.62. The molecule has 0 saturated carbocycles. The second-order valence-corrected chi connectivity index (χ2v) is 6.62. The van der Waals surface area contributed by atoms with Crippen molar-refractivity contribution < 1.29 is 9.59 Å². The summed E-state index contributed by atoms with van der Waals surface area (Å²) >= 11 is 0. The van der Waals surface area contributed by atoms with Crippen LogP contribution < -0.4 is 5.32 Å². The molecule has 0 bridgehead atoms. The summed E-state index contributed by atoms with van der Waals surface area (Å²) in [6.07, 6.45) is 2.58. The van der Waals surface area contributed by atoms with Gasteiger partial charge in [0.25, 0.3) is 5.91 Å². The van der Waals surface area contributed by atoms with Crippen molar-refractivity contribution >= 4 is 11.8 Å². The van der Waals surface area contributed by atoms with Gasteiger partial charge in [-0.25, -0.2) is 0 Å². The van der Waals surface area contributed by atoms with Crippen LogP contribution in [0.15, 0.2) is 54.6 Å². The molecule has 0 aliphatic carbocycles. The summed E-state index contributed by atoms with van der Waals surface area (Å²) in [5, 5.41) is 2.96. The van der Waals surface area contributed by atoms with Crippen molar-refractivity contribution in [3.05, 3.63) is 71.3 Å². The molecule has 4 heteroatoms. The number of amides is 2. The number of nitrogens with zero attached hydrogens (tertiary/aromatic N) is 1. The summed E-state index contributed by atoms with van der Waals surface area (Å²) in [7, 11) is 0. The molecule has 0 aromatic heterocycles. The van der Waals surface area contributed by atoms with Crippen molar-refractivity contribution in [3.8, 4) is 0 Å². The third kappa shape index (κ3) is 4.47. The van der Waals surface area contributed by atoms with Crippen LogP contribution in [0.1, 0.15) is 34.3 Å². The van der Waals surface area contributed by atoms with Gasteiger partial charge < -0.3 is 10.2 Å². The predicted molar refractivity (Wildman–Crippen MR) is 98.4 cm³/mol. The minimum atomic E-state index is -0.534. The summed E-state index contributed by atoms with van der Waals surface area (Å²) in [5.74, 6) is -0.181. The second-order valence-electron chi connectivity index (χ2n) is 6.62. The van der Waals surface area contributed by atoms with Crippen LogP contribution in [-0.4, -0.2) is 35.8 Å². The Morgan fingerprint density at radius 1 is 1.04 bits per heavy atom. The smallest absolute Gasteiger partial charge is 0.251 e. The third-order valence-corrected chi connectivity index (χ3v) is 4.58. The molecule has 1 saturated heterocycles. The summed E-state index contributed by atoms with van der Waals surface area (Å²) in [4.78, 5) is 27.4. The van der Waals surface area contributed by atoms with Crippen LogP contribution in [0.3, 0.4) is 0 Å². The number of hydrogen-bond acceptors (Lipinski definition) is 2. The number of benzene rings is 2. The lowest BCUT2D eigenvalue weighted by Crippen LogP contribution is -2.49. The lowest BCUT2D eigenvalue weighted by Gasteiger charge is -2.24. The molecule has 1 aliphatic rings. The molecule has 0 spiro atoms. The first-order valence-electron chi connectivity index (χ1n) is 8.84. The van der Waals surface area contributed by atoms with Gasteiger partial charge in [-0.1, -0.05) is 48.0 Å². The van der Waals surface area contributed by atoms with Crippen molar-refractivity contribution in [1.82, 2.24) is 10.2 Å². The highest BCUT2D eigenvalue weighted by molar-refractivity contribution is 5.97. The van der Waals surface area contributed by atoms with E-state index in [4.69, 9.17) is 0 Å². The first-order valence-corrected chi connectivity index (χ1v) is 8.84. The predicted octanol–water partition coefficient (Wildman–Crippen LogP) is 2.96. The van der Waals surface area contributed by atoms with E-state index in [0.29, 0.717) is 12.0 Å². The number of rotatable bonds is 5. The number of aryl methyl sites for hydroxylation is 1. The van der Waals surface area contributed by atoms with Gasteiger partial charge >= 0.3 is 0 Å². The molecular weight excluding hydrogens is 312 g/mol. The Bertz CT molecular complexity index is 737. The van der Waals surface area contributed by atoms with E-state index < -0.39 is 6.04 Å². The van der Waals surface area contributed by atoms with E-state index in [1.165, 1.54) is 0 Å². The minimum absolute atomic E-state index is 0.0161. The SMILES string of the molecule is Cc1cccc(C(=O)NC(Cc2ccccc2)C(=O)N2CCCC2)c1. The minimum Gasteiger partial charge on any atom is -0.341 e. The Labute approximate surface area is 148 Å². The number of nitrogens with one attached hydrogen (secondary N) is 1. The topological polar surface area (TPSA) is 49.4 Å². The molecule has 4 nitrogen and oxygen atoms in total. The number of carbonyl (C=O) groups excluding carboxylic acids is 2. The molecule has 2 amide bonds. The van der Waals surface area contributed by atoms with Gasteiger partial charge in [0.1, 0.15) is 6.04 Å². The highest BCUT2D eigenvalue weighted by atomic mass is 16.2. The lowest BCUT2D eigenvalue weighted by atomic mass is 10.0. The summed E-state index contributed by atoms with van der Waals surface area (Å²) in [6.45, 7) is 3.52. The molecule has 1 heterocycles. The average molecular weight is 336 g/mol. The highest BCUT2D eigenvalue weighted by Crippen LogP contribution is 2.13. The quantitative estimate of drug-likeness (QED) is 0.912. The van der Waals surface area contributed by atoms with Gasteiger partial charge in [0.05, 0.1) is 0 Å². The van der Waals surface area contributed by atoms with E-state index in [2.05, 4.69) is 5.32 Å². The van der Waals surface area contributed by atoms with Crippen LogP contribution in [0, 0.1) is 6.92 Å². The molecule has 1 N–H and O–H groups in total. The fraction of sp³-hybridized carbons (Fsp3) is 0.333. The maximum absolute atomic E-state index is 12.9. The van der Waals surface area contributed by atoms with E-state index in [0.717, 1.165) is 37.1 Å². The molecule has 130 valence electrons. The fourth-order valence-electron chi connectivity index (χ4n) is 3.24. The van der Waals surface area contributed by atoms with Gasteiger partial charge in [0, 0.05) is 25.1 Å². The van der Waals surface area contributed by atoms with Crippen molar-refractivity contribution in [3.63, 3.8) is 0 Å². The van der Waals surface area contributed by atoms with Crippen LogP contribution in [0.25, 0.3) is 0 Å². The maximum atomic E-state index is 12.9. The summed E-state index contributed by atoms with van der Waals surface area (Å²) in [6, 6.07) is 16.7. The first kappa shape index (κ1) is 17.2. The molecule has 3 rings (SSSR count). The molecule has 1 fully saturated rings. The molecule has 25 heavy (non-hydrogen) atoms. The van der Waals surface area contributed by atoms with Crippen LogP contribution in [-0.2, 0) is 11.2 Å². The third-order valence-electron chi connectivity index (χ3n) is 4.58. The van der Waals surface area contributed by atoms with Crippen LogP contribution in [0.4, 0.5) is 0 Å². The molecule has 2 aromatic rings. The van der Waals surface area contributed by atoms with Crippen LogP contribution in [0.5, 0.6) is 0 Å². The van der Waals surface area contributed by atoms with Crippen molar-refractivity contribution in [2.24, 2.45) is 0 Å². The molecule has 1 atom stereocenters. The second kappa shape index (κ2) is 7.97. The zero-order chi connectivity index (χ0) is 17.6. The normalized spacial score (nSPS) is 15.0. The number of likely N-dealkylation sites (tertiary alicyclic amines) is 1. The summed E-state index contributed by atoms with van der Waals surface area (Å²) in [5.41, 5.74) is 2.66. The maximum Gasteiger partial charge on any atom is 0.251 e. The van der Waals surface area contributed by atoms with Crippen molar-refractivity contribution in [2.45, 2.75) is 32.2 Å². The molecule has 2 aromatic carbocycles. The fourth-order valence-corrected chi connectivity index (χ4v) is 3.24. The first-order chi connectivity index (χ1) is 12.1. The van der Waals surface area contributed by atoms with Gasteiger partial charge in [0.15, 0.2) is 0 Å². The summed E-state index contributed by atoms with van der Waals surface area (Å²) < 4.78 is 0. The van der Waals surface area contributed by atoms with Gasteiger partial charge in [-0.15, -0.1) is 0 Å². The molecular formula is C21H24N2O2. The van der Waals surface area contributed by atoms with E-state index in [1.807, 2.05) is 60.4 Å². The molecule has 1 aliphatic heterocycles. The van der Waals surface area contributed by atoms with Crippen LogP contribution in [0.2, 0.25) is 0 Å². The van der Waals surface area contributed by atoms with Gasteiger partial charge in [-0.2, -0.15) is 0 Å². The molecule has 0 radical (unpaired) electrons. The van der Waals surface area contributed by atoms with Crippen molar-refractivity contribution in [2.75, 3.05) is 13.1 Å². The van der Waals surface area contributed by atoms with Crippen LogP contribution >= 0.6 is 0 Å². The van der Waals surface area contributed by atoms with E-state index >= 15 is 0 Å². The van der Waals surface area contributed by atoms with E-state index in [9.17, 15) is 9.59 Å². The highest BCUT2D eigenvalue weighted by Gasteiger charge is 2.28. The number of carbonyl (C=O) groups is 2. The largest absolute Gasteiger partial charge is 0.341 e. The lowest BCUT2D eigenvalue weighted by molar-refractivity contribution is -0.132. The standard InChI is InChI=1S/C21H24N2O2/c1-16-8-7-11-18(14-16)20(24)22-19(15-17-9-3-2-4-10-17)21(25)23-12-5-6-13-23/h2-4,7-11,14,19H,5-6,12-13,15H2,1H3,(H,22,24). The zero-order valence-electron chi connectivity index (χ0n) is 14.6. The van der Waals surface area contributed by atoms with Gasteiger partial charge in [0.2, 0.25) is 5.91 Å². The van der Waals surface area contributed by atoms with Crippen molar-refractivity contribution in [1.29, 1.82) is 0 Å². The zero-order valence-corrected chi connectivity index (χ0v) is 14.6. The monoisotopic (exact) mass is 336 g/mol. The molecule has 1 unspecified atom stereocenters.